The van der Waals surface area contributed by atoms with Crippen LogP contribution in [0.4, 0.5) is 0 Å². The minimum Gasteiger partial charge on any atom is -0.391 e. The van der Waals surface area contributed by atoms with Crippen LogP contribution in [-0.4, -0.2) is 82.5 Å². The van der Waals surface area contributed by atoms with Gasteiger partial charge in [-0.25, -0.2) is 0 Å². The maximum absolute atomic E-state index is 13.0. The standard InChI is InChI=1S/C18H31N3O3/c1-13(2)17(21-8-4-7-16(21)23)18(24)20-11-9-19(10-12-20)14-5-3-6-15(14)22/h13-15,17,22H,3-12H2,1-2H3. The van der Waals surface area contributed by atoms with E-state index >= 15 is 0 Å². The fourth-order valence-electron chi connectivity index (χ4n) is 4.55. The van der Waals surface area contributed by atoms with Crippen LogP contribution in [0.15, 0.2) is 0 Å². The number of hydrogen-bond donors (Lipinski definition) is 1. The number of aliphatic hydroxyl groups excluding tert-OH is 1. The molecule has 6 nitrogen and oxygen atoms in total. The minimum absolute atomic E-state index is 0.104. The van der Waals surface area contributed by atoms with Crippen LogP contribution in [-0.2, 0) is 9.59 Å². The number of amides is 2. The van der Waals surface area contributed by atoms with Gasteiger partial charge in [-0.15, -0.1) is 0 Å². The van der Waals surface area contributed by atoms with Gasteiger partial charge in [0.25, 0.3) is 0 Å². The Labute approximate surface area is 144 Å². The molecule has 0 aromatic carbocycles. The molecule has 2 amide bonds. The van der Waals surface area contributed by atoms with Crippen LogP contribution in [0, 0.1) is 5.92 Å². The Morgan fingerprint density at radius 1 is 1.08 bits per heavy atom. The predicted octanol–water partition coefficient (Wildman–Crippen LogP) is 0.691. The van der Waals surface area contributed by atoms with Gasteiger partial charge in [-0.3, -0.25) is 14.5 Å². The smallest absolute Gasteiger partial charge is 0.245 e. The summed E-state index contributed by atoms with van der Waals surface area (Å²) in [4.78, 5) is 31.2. The van der Waals surface area contributed by atoms with Crippen molar-refractivity contribution in [3.05, 3.63) is 0 Å². The van der Waals surface area contributed by atoms with Gasteiger partial charge < -0.3 is 14.9 Å². The molecule has 3 unspecified atom stereocenters. The van der Waals surface area contributed by atoms with Crippen LogP contribution in [0.5, 0.6) is 0 Å². The van der Waals surface area contributed by atoms with E-state index in [0.29, 0.717) is 26.1 Å². The molecule has 3 atom stereocenters. The molecule has 3 fully saturated rings. The molecule has 3 rings (SSSR count). The van der Waals surface area contributed by atoms with E-state index < -0.39 is 0 Å². The Kier molecular flexibility index (Phi) is 5.45. The lowest BCUT2D eigenvalue weighted by molar-refractivity contribution is -0.147. The van der Waals surface area contributed by atoms with Crippen LogP contribution < -0.4 is 0 Å². The number of hydrogen-bond acceptors (Lipinski definition) is 4. The van der Waals surface area contributed by atoms with E-state index in [1.165, 1.54) is 0 Å². The SMILES string of the molecule is CC(C)C(C(=O)N1CCN(C2CCCC2O)CC1)N1CCCC1=O. The Morgan fingerprint density at radius 2 is 1.79 bits per heavy atom. The largest absolute Gasteiger partial charge is 0.391 e. The summed E-state index contributed by atoms with van der Waals surface area (Å²) in [6.45, 7) is 7.82. The molecule has 0 radical (unpaired) electrons. The van der Waals surface area contributed by atoms with Crippen LogP contribution >= 0.6 is 0 Å². The quantitative estimate of drug-likeness (QED) is 0.820. The van der Waals surface area contributed by atoms with Gasteiger partial charge in [0.05, 0.1) is 6.10 Å². The van der Waals surface area contributed by atoms with Crippen molar-refractivity contribution >= 4 is 11.8 Å². The molecule has 1 saturated carbocycles. The van der Waals surface area contributed by atoms with Crippen molar-refractivity contribution in [3.8, 4) is 0 Å². The number of likely N-dealkylation sites (tertiary alicyclic amines) is 1. The third kappa shape index (κ3) is 3.45. The molecule has 1 N–H and O–H groups in total. The average Bonchev–Trinajstić information content (AvgIpc) is 3.16. The number of nitrogens with zero attached hydrogens (tertiary/aromatic N) is 3. The maximum atomic E-state index is 13.0. The normalized spacial score (nSPS) is 30.4. The molecule has 2 saturated heterocycles. The van der Waals surface area contributed by atoms with Crippen LogP contribution in [0.2, 0.25) is 0 Å². The van der Waals surface area contributed by atoms with Gasteiger partial charge in [0.2, 0.25) is 11.8 Å². The number of aliphatic hydroxyl groups is 1. The van der Waals surface area contributed by atoms with Crippen molar-refractivity contribution in [2.45, 2.75) is 64.1 Å². The Balaban J connectivity index is 1.60. The second kappa shape index (κ2) is 7.40. The van der Waals surface area contributed by atoms with E-state index in [2.05, 4.69) is 4.90 Å². The molecule has 6 heteroatoms. The highest BCUT2D eigenvalue weighted by molar-refractivity contribution is 5.89. The van der Waals surface area contributed by atoms with E-state index in [4.69, 9.17) is 0 Å². The number of carbonyl (C=O) groups excluding carboxylic acids is 2. The highest BCUT2D eigenvalue weighted by atomic mass is 16.3. The lowest BCUT2D eigenvalue weighted by Crippen LogP contribution is -2.58. The zero-order valence-corrected chi connectivity index (χ0v) is 15.0. The lowest BCUT2D eigenvalue weighted by atomic mass is 10.0. The fourth-order valence-corrected chi connectivity index (χ4v) is 4.55. The summed E-state index contributed by atoms with van der Waals surface area (Å²) in [5, 5.41) is 10.1. The number of rotatable bonds is 4. The first kappa shape index (κ1) is 17.7. The van der Waals surface area contributed by atoms with Gasteiger partial charge in [0.15, 0.2) is 0 Å². The molecule has 2 heterocycles. The van der Waals surface area contributed by atoms with E-state index in [-0.39, 0.29) is 35.9 Å². The van der Waals surface area contributed by atoms with Gasteiger partial charge in [0.1, 0.15) is 6.04 Å². The highest BCUT2D eigenvalue weighted by Gasteiger charge is 2.39. The van der Waals surface area contributed by atoms with E-state index in [1.54, 1.807) is 4.90 Å². The molecule has 0 aromatic heterocycles. The summed E-state index contributed by atoms with van der Waals surface area (Å²) < 4.78 is 0. The summed E-state index contributed by atoms with van der Waals surface area (Å²) >= 11 is 0. The van der Waals surface area contributed by atoms with Crippen molar-refractivity contribution < 1.29 is 14.7 Å². The molecule has 0 aromatic rings. The summed E-state index contributed by atoms with van der Waals surface area (Å²) in [5.74, 6) is 0.357. The van der Waals surface area contributed by atoms with Crippen LogP contribution in [0.25, 0.3) is 0 Å². The van der Waals surface area contributed by atoms with Gasteiger partial charge >= 0.3 is 0 Å². The van der Waals surface area contributed by atoms with Crippen LogP contribution in [0.3, 0.4) is 0 Å². The summed E-state index contributed by atoms with van der Waals surface area (Å²) in [7, 11) is 0. The monoisotopic (exact) mass is 337 g/mol. The number of carbonyl (C=O) groups is 2. The average molecular weight is 337 g/mol. The van der Waals surface area contributed by atoms with Crippen LogP contribution in [0.1, 0.15) is 46.0 Å². The summed E-state index contributed by atoms with van der Waals surface area (Å²) in [6, 6.07) is -0.0491. The second-order valence-corrected chi connectivity index (χ2v) is 7.81. The molecule has 136 valence electrons. The summed E-state index contributed by atoms with van der Waals surface area (Å²) in [5.41, 5.74) is 0. The Bertz CT molecular complexity index is 474. The van der Waals surface area contributed by atoms with E-state index in [9.17, 15) is 14.7 Å². The highest BCUT2D eigenvalue weighted by Crippen LogP contribution is 2.26. The maximum Gasteiger partial charge on any atom is 0.245 e. The van der Waals surface area contributed by atoms with Crippen molar-refractivity contribution in [2.24, 2.45) is 5.92 Å². The fraction of sp³-hybridized carbons (Fsp3) is 0.889. The van der Waals surface area contributed by atoms with Crippen molar-refractivity contribution in [3.63, 3.8) is 0 Å². The number of piperazine rings is 1. The third-order valence-corrected chi connectivity index (χ3v) is 5.87. The molecule has 2 aliphatic heterocycles. The minimum atomic E-state index is -0.316. The van der Waals surface area contributed by atoms with Crippen molar-refractivity contribution in [1.29, 1.82) is 0 Å². The Morgan fingerprint density at radius 3 is 2.29 bits per heavy atom. The zero-order valence-electron chi connectivity index (χ0n) is 15.0. The third-order valence-electron chi connectivity index (χ3n) is 5.87. The first-order chi connectivity index (χ1) is 11.5. The van der Waals surface area contributed by atoms with Gasteiger partial charge in [-0.2, -0.15) is 0 Å². The van der Waals surface area contributed by atoms with Crippen molar-refractivity contribution in [2.75, 3.05) is 32.7 Å². The summed E-state index contributed by atoms with van der Waals surface area (Å²) in [6.07, 6.45) is 4.28. The lowest BCUT2D eigenvalue weighted by Gasteiger charge is -2.41. The first-order valence-electron chi connectivity index (χ1n) is 9.49. The zero-order chi connectivity index (χ0) is 17.3. The molecule has 24 heavy (non-hydrogen) atoms. The molecule has 3 aliphatic rings. The van der Waals surface area contributed by atoms with E-state index in [1.807, 2.05) is 18.7 Å². The van der Waals surface area contributed by atoms with E-state index in [0.717, 1.165) is 38.8 Å². The first-order valence-corrected chi connectivity index (χ1v) is 9.49. The van der Waals surface area contributed by atoms with Gasteiger partial charge in [-0.1, -0.05) is 13.8 Å². The molecule has 0 spiro atoms. The molecular weight excluding hydrogens is 306 g/mol. The Hall–Kier alpha value is -1.14. The predicted molar refractivity (Wildman–Crippen MR) is 91.4 cm³/mol. The van der Waals surface area contributed by atoms with Gasteiger partial charge in [0, 0.05) is 45.2 Å². The molecule has 1 aliphatic carbocycles. The van der Waals surface area contributed by atoms with Crippen molar-refractivity contribution in [1.82, 2.24) is 14.7 Å². The topological polar surface area (TPSA) is 64.1 Å². The van der Waals surface area contributed by atoms with Gasteiger partial charge in [-0.05, 0) is 31.6 Å². The molecular formula is C18H31N3O3. The second-order valence-electron chi connectivity index (χ2n) is 7.81. The molecule has 0 bridgehead atoms.